The van der Waals surface area contributed by atoms with Gasteiger partial charge in [-0.2, -0.15) is 0 Å². The maximum Gasteiger partial charge on any atom is 0.279 e. The van der Waals surface area contributed by atoms with Crippen molar-refractivity contribution in [3.63, 3.8) is 0 Å². The molecule has 0 saturated carbocycles. The van der Waals surface area contributed by atoms with Crippen molar-refractivity contribution >= 4 is 51.5 Å². The molecule has 3 N–H and O–H groups in total. The molecule has 0 aliphatic heterocycles. The summed E-state index contributed by atoms with van der Waals surface area (Å²) in [6.07, 6.45) is -0.0784. The number of amides is 2. The average molecular weight is 456 g/mol. The number of ether oxygens (including phenoxy) is 1. The number of carbonyl (C=O) groups is 2. The van der Waals surface area contributed by atoms with Gasteiger partial charge in [0.2, 0.25) is 5.91 Å². The maximum atomic E-state index is 12.3. The van der Waals surface area contributed by atoms with Crippen molar-refractivity contribution in [2.24, 2.45) is 0 Å². The molecule has 0 fully saturated rings. The van der Waals surface area contributed by atoms with E-state index in [1.54, 1.807) is 13.0 Å². The van der Waals surface area contributed by atoms with Crippen LogP contribution in [0, 0.1) is 0 Å². The second-order valence-electron chi connectivity index (χ2n) is 6.85. The Morgan fingerprint density at radius 3 is 2.48 bits per heavy atom. The van der Waals surface area contributed by atoms with Crippen LogP contribution < -0.4 is 20.9 Å². The molecule has 8 heteroatoms. The largest absolute Gasteiger partial charge is 0.481 e. The minimum atomic E-state index is -0.771. The molecule has 0 aliphatic carbocycles. The molecule has 0 spiro atoms. The Labute approximate surface area is 190 Å². The molecular formula is C23H22ClN3O3S. The Balaban J connectivity index is 1.41. The fourth-order valence-electron chi connectivity index (χ4n) is 2.89. The minimum absolute atomic E-state index is 0.00425. The van der Waals surface area contributed by atoms with Crippen LogP contribution in [0.4, 0.5) is 0 Å². The summed E-state index contributed by atoms with van der Waals surface area (Å²) in [6.45, 7) is 1.62. The molecule has 160 valence electrons. The zero-order valence-corrected chi connectivity index (χ0v) is 18.4. The molecule has 3 aromatic rings. The van der Waals surface area contributed by atoms with E-state index >= 15 is 0 Å². The van der Waals surface area contributed by atoms with E-state index in [1.165, 1.54) is 0 Å². The first-order chi connectivity index (χ1) is 14.9. The quantitative estimate of drug-likeness (QED) is 0.388. The topological polar surface area (TPSA) is 79.5 Å². The minimum Gasteiger partial charge on any atom is -0.481 e. The Morgan fingerprint density at radius 1 is 1.00 bits per heavy atom. The van der Waals surface area contributed by atoms with Crippen LogP contribution in [0.3, 0.4) is 0 Å². The van der Waals surface area contributed by atoms with E-state index in [9.17, 15) is 9.59 Å². The molecular weight excluding hydrogens is 434 g/mol. The highest BCUT2D eigenvalue weighted by Gasteiger charge is 2.15. The zero-order chi connectivity index (χ0) is 22.2. The van der Waals surface area contributed by atoms with Crippen LogP contribution in [0.5, 0.6) is 5.75 Å². The number of hydrazine groups is 1. The molecule has 0 aromatic heterocycles. The van der Waals surface area contributed by atoms with Crippen molar-refractivity contribution in [3.05, 3.63) is 77.3 Å². The summed E-state index contributed by atoms with van der Waals surface area (Å²) in [7, 11) is 0. The van der Waals surface area contributed by atoms with Gasteiger partial charge in [-0.3, -0.25) is 20.4 Å². The Kier molecular flexibility index (Phi) is 7.81. The molecule has 0 saturated heterocycles. The van der Waals surface area contributed by atoms with E-state index in [0.29, 0.717) is 17.2 Å². The fraction of sp³-hybridized carbons (Fsp3) is 0.174. The highest BCUT2D eigenvalue weighted by atomic mass is 35.5. The van der Waals surface area contributed by atoms with Gasteiger partial charge in [-0.05, 0) is 60.1 Å². The molecule has 31 heavy (non-hydrogen) atoms. The van der Waals surface area contributed by atoms with Crippen LogP contribution in [0.2, 0.25) is 5.02 Å². The Hall–Kier alpha value is -3.16. The normalized spacial score (nSPS) is 11.4. The maximum absolute atomic E-state index is 12.3. The number of hydrogen-bond donors (Lipinski definition) is 3. The molecule has 3 aromatic carbocycles. The monoisotopic (exact) mass is 455 g/mol. The van der Waals surface area contributed by atoms with E-state index in [1.807, 2.05) is 60.7 Å². The van der Waals surface area contributed by atoms with Crippen molar-refractivity contribution in [2.45, 2.75) is 25.9 Å². The Bertz CT molecular complexity index is 1110. The first-order valence-corrected chi connectivity index (χ1v) is 10.5. The van der Waals surface area contributed by atoms with Gasteiger partial charge < -0.3 is 10.1 Å². The third-order valence-electron chi connectivity index (χ3n) is 4.53. The summed E-state index contributed by atoms with van der Waals surface area (Å²) in [4.78, 5) is 24.3. The lowest BCUT2D eigenvalue weighted by Gasteiger charge is -2.16. The molecule has 0 radical (unpaired) electrons. The lowest BCUT2D eigenvalue weighted by atomic mass is 10.1. The van der Waals surface area contributed by atoms with Crippen molar-refractivity contribution in [2.75, 3.05) is 0 Å². The summed E-state index contributed by atoms with van der Waals surface area (Å²) in [6, 6.07) is 20.8. The molecule has 1 unspecified atom stereocenters. The number of aryl methyl sites for hydroxylation is 1. The lowest BCUT2D eigenvalue weighted by Crippen LogP contribution is -2.51. The number of rotatable bonds is 6. The highest BCUT2D eigenvalue weighted by Crippen LogP contribution is 2.21. The van der Waals surface area contributed by atoms with E-state index in [2.05, 4.69) is 16.2 Å². The molecule has 2 amide bonds. The highest BCUT2D eigenvalue weighted by molar-refractivity contribution is 7.80. The smallest absolute Gasteiger partial charge is 0.279 e. The van der Waals surface area contributed by atoms with Crippen LogP contribution in [0.15, 0.2) is 66.7 Å². The molecule has 0 aliphatic rings. The van der Waals surface area contributed by atoms with Gasteiger partial charge in [0.15, 0.2) is 11.2 Å². The molecule has 6 nitrogen and oxygen atoms in total. The lowest BCUT2D eigenvalue weighted by molar-refractivity contribution is -0.128. The second kappa shape index (κ2) is 10.7. The van der Waals surface area contributed by atoms with Gasteiger partial charge in [0.1, 0.15) is 5.75 Å². The van der Waals surface area contributed by atoms with Gasteiger partial charge in [-0.15, -0.1) is 0 Å². The van der Waals surface area contributed by atoms with E-state index in [-0.39, 0.29) is 17.4 Å². The van der Waals surface area contributed by atoms with Crippen LogP contribution in [-0.2, 0) is 16.0 Å². The average Bonchev–Trinajstić information content (AvgIpc) is 2.76. The fourth-order valence-corrected chi connectivity index (χ4v) is 3.28. The predicted molar refractivity (Wildman–Crippen MR) is 126 cm³/mol. The van der Waals surface area contributed by atoms with E-state index < -0.39 is 12.0 Å². The van der Waals surface area contributed by atoms with Crippen molar-refractivity contribution in [3.8, 4) is 5.75 Å². The molecule has 0 heterocycles. The number of hydrogen-bond acceptors (Lipinski definition) is 4. The van der Waals surface area contributed by atoms with Crippen LogP contribution in [0.1, 0.15) is 18.9 Å². The number of benzene rings is 3. The van der Waals surface area contributed by atoms with E-state index in [0.717, 1.165) is 16.3 Å². The summed E-state index contributed by atoms with van der Waals surface area (Å²) in [5.41, 5.74) is 5.83. The number of fused-ring (bicyclic) bond motifs is 1. The first-order valence-electron chi connectivity index (χ1n) is 9.71. The standard InChI is InChI=1S/C23H22ClN3O3S/c1-15(30-19-12-10-16-6-2-3-8-18(16)14-19)22(29)26-27-23(31)25-21(28)13-11-17-7-4-5-9-20(17)24/h2-10,12,14-15H,11,13H2,1H3,(H,26,29)(H2,25,27,28,31). The van der Waals surface area contributed by atoms with Gasteiger partial charge in [0.25, 0.3) is 5.91 Å². The first kappa shape index (κ1) is 22.5. The zero-order valence-electron chi connectivity index (χ0n) is 16.9. The van der Waals surface area contributed by atoms with Crippen molar-refractivity contribution < 1.29 is 14.3 Å². The van der Waals surface area contributed by atoms with E-state index in [4.69, 9.17) is 28.6 Å². The number of thiocarbonyl (C=S) groups is 1. The number of carbonyl (C=O) groups excluding carboxylic acids is 2. The second-order valence-corrected chi connectivity index (χ2v) is 7.67. The summed E-state index contributed by atoms with van der Waals surface area (Å²) >= 11 is 11.1. The third kappa shape index (κ3) is 6.67. The predicted octanol–water partition coefficient (Wildman–Crippen LogP) is 3.92. The van der Waals surface area contributed by atoms with Gasteiger partial charge >= 0.3 is 0 Å². The third-order valence-corrected chi connectivity index (χ3v) is 5.11. The summed E-state index contributed by atoms with van der Waals surface area (Å²) in [5, 5.41) is 5.23. The Morgan fingerprint density at radius 2 is 1.71 bits per heavy atom. The van der Waals surface area contributed by atoms with Crippen molar-refractivity contribution in [1.29, 1.82) is 0 Å². The van der Waals surface area contributed by atoms with Gasteiger partial charge in [0.05, 0.1) is 0 Å². The molecule has 0 bridgehead atoms. The van der Waals surface area contributed by atoms with Gasteiger partial charge in [-0.25, -0.2) is 0 Å². The number of nitrogens with one attached hydrogen (secondary N) is 3. The van der Waals surface area contributed by atoms with Crippen LogP contribution in [-0.4, -0.2) is 23.0 Å². The number of halogens is 1. The summed E-state index contributed by atoms with van der Waals surface area (Å²) < 4.78 is 5.70. The SMILES string of the molecule is CC(Oc1ccc2ccccc2c1)C(=O)NNC(=S)NC(=O)CCc1ccccc1Cl. The summed E-state index contributed by atoms with van der Waals surface area (Å²) in [5.74, 6) is -0.134. The molecule has 3 rings (SSSR count). The van der Waals surface area contributed by atoms with Crippen LogP contribution in [0.25, 0.3) is 10.8 Å². The van der Waals surface area contributed by atoms with Gasteiger partial charge in [-0.1, -0.05) is 60.1 Å². The van der Waals surface area contributed by atoms with Crippen LogP contribution >= 0.6 is 23.8 Å². The van der Waals surface area contributed by atoms with Crippen molar-refractivity contribution in [1.82, 2.24) is 16.2 Å². The molecule has 1 atom stereocenters. The van der Waals surface area contributed by atoms with Gasteiger partial charge in [0, 0.05) is 11.4 Å².